The molecule has 1 aromatic heterocycles. The number of rotatable bonds is 5. The van der Waals surface area contributed by atoms with Crippen LogP contribution in [0.25, 0.3) is 5.69 Å². The molecule has 8 heteroatoms. The van der Waals surface area contributed by atoms with Crippen LogP contribution in [0.1, 0.15) is 31.9 Å². The fourth-order valence-corrected chi connectivity index (χ4v) is 3.24. The lowest BCUT2D eigenvalue weighted by Gasteiger charge is -2.29. The van der Waals surface area contributed by atoms with Crippen molar-refractivity contribution in [3.05, 3.63) is 64.8 Å². The van der Waals surface area contributed by atoms with E-state index >= 15 is 0 Å². The molecule has 0 saturated heterocycles. The fourth-order valence-electron chi connectivity index (χ4n) is 2.94. The summed E-state index contributed by atoms with van der Waals surface area (Å²) in [5.41, 5.74) is 5.98. The number of alkyl halides is 3. The summed E-state index contributed by atoms with van der Waals surface area (Å²) in [6.07, 6.45) is -0.503. The minimum atomic E-state index is -4.46. The first kappa shape index (κ1) is 20.5. The van der Waals surface area contributed by atoms with Gasteiger partial charge in [0.2, 0.25) is 0 Å². The molecule has 0 spiro atoms. The van der Waals surface area contributed by atoms with Crippen LogP contribution in [-0.4, -0.2) is 28.2 Å². The maximum atomic E-state index is 13.0. The number of halogens is 4. The van der Waals surface area contributed by atoms with E-state index in [-0.39, 0.29) is 12.5 Å². The van der Waals surface area contributed by atoms with Crippen LogP contribution in [0.5, 0.6) is 0 Å². The van der Waals surface area contributed by atoms with E-state index in [9.17, 15) is 13.2 Å². The van der Waals surface area contributed by atoms with Gasteiger partial charge in [-0.1, -0.05) is 35.9 Å². The first-order valence-electron chi connectivity index (χ1n) is 8.75. The first-order chi connectivity index (χ1) is 13.1. The van der Waals surface area contributed by atoms with E-state index in [2.05, 4.69) is 5.10 Å². The van der Waals surface area contributed by atoms with Crippen molar-refractivity contribution < 1.29 is 17.9 Å². The number of para-hydroxylation sites is 1. The summed E-state index contributed by atoms with van der Waals surface area (Å²) in [6.45, 7) is 1.86. The van der Waals surface area contributed by atoms with Gasteiger partial charge >= 0.3 is 6.18 Å². The molecule has 0 fully saturated rings. The molecule has 0 amide bonds. The van der Waals surface area contributed by atoms with Crippen molar-refractivity contribution in [1.82, 2.24) is 9.78 Å². The Morgan fingerprint density at radius 3 is 2.57 bits per heavy atom. The molecule has 3 rings (SSSR count). The molecule has 1 atom stereocenters. The third kappa shape index (κ3) is 4.42. The zero-order valence-electron chi connectivity index (χ0n) is 15.5. The molecule has 4 nitrogen and oxygen atoms in total. The minimum absolute atomic E-state index is 0.165. The molecule has 1 unspecified atom stereocenters. The van der Waals surface area contributed by atoms with Crippen LogP contribution in [0.15, 0.2) is 59.2 Å². The highest BCUT2D eigenvalue weighted by molar-refractivity contribution is 6.31. The maximum Gasteiger partial charge on any atom is 0.416 e. The van der Waals surface area contributed by atoms with E-state index in [1.807, 2.05) is 36.4 Å². The lowest BCUT2D eigenvalue weighted by atomic mass is 9.91. The highest BCUT2D eigenvalue weighted by Gasteiger charge is 2.48. The smallest absolute Gasteiger partial charge is 0.382 e. The van der Waals surface area contributed by atoms with Crippen molar-refractivity contribution in [3.8, 4) is 5.69 Å². The van der Waals surface area contributed by atoms with Crippen molar-refractivity contribution in [2.75, 3.05) is 12.3 Å². The van der Waals surface area contributed by atoms with Gasteiger partial charge in [-0.05, 0) is 44.1 Å². The van der Waals surface area contributed by atoms with E-state index in [4.69, 9.17) is 22.1 Å². The second-order valence-corrected chi connectivity index (χ2v) is 7.64. The summed E-state index contributed by atoms with van der Waals surface area (Å²) in [7, 11) is 0. The number of hydrogen-bond acceptors (Lipinski definition) is 3. The van der Waals surface area contributed by atoms with Crippen LogP contribution in [0.4, 0.5) is 19.0 Å². The van der Waals surface area contributed by atoms with Gasteiger partial charge < -0.3 is 10.5 Å². The number of nitrogen functional groups attached to an aromatic ring is 1. The highest BCUT2D eigenvalue weighted by atomic mass is 35.5. The summed E-state index contributed by atoms with van der Waals surface area (Å²) < 4.78 is 46.0. The Bertz CT molecular complexity index is 901. The van der Waals surface area contributed by atoms with E-state index in [1.54, 1.807) is 16.8 Å². The van der Waals surface area contributed by atoms with Crippen LogP contribution >= 0.6 is 11.6 Å². The molecule has 0 radical (unpaired) electrons. The SMILES string of the molecule is CC(C)(OCC1=CC(Cl)=CC(c2cc(N)nn2-c2ccccc2)C1)C(F)(F)F. The Labute approximate surface area is 166 Å². The molecule has 2 aromatic rings. The molecule has 150 valence electrons. The second-order valence-electron chi connectivity index (χ2n) is 7.20. The summed E-state index contributed by atoms with van der Waals surface area (Å²) >= 11 is 6.25. The number of benzene rings is 1. The van der Waals surface area contributed by atoms with Crippen LogP contribution < -0.4 is 5.73 Å². The van der Waals surface area contributed by atoms with E-state index in [1.165, 1.54) is 0 Å². The average molecular weight is 412 g/mol. The van der Waals surface area contributed by atoms with Gasteiger partial charge in [0.15, 0.2) is 5.60 Å². The number of anilines is 1. The summed E-state index contributed by atoms with van der Waals surface area (Å²) in [5.74, 6) is 0.170. The quantitative estimate of drug-likeness (QED) is 0.721. The molecule has 28 heavy (non-hydrogen) atoms. The van der Waals surface area contributed by atoms with Crippen LogP contribution in [0, 0.1) is 0 Å². The fraction of sp³-hybridized carbons (Fsp3) is 0.350. The van der Waals surface area contributed by atoms with E-state index < -0.39 is 11.8 Å². The van der Waals surface area contributed by atoms with Crippen LogP contribution in [0.2, 0.25) is 0 Å². The molecule has 0 bridgehead atoms. The number of allylic oxidation sites excluding steroid dienone is 3. The predicted molar refractivity (Wildman–Crippen MR) is 103 cm³/mol. The predicted octanol–water partition coefficient (Wildman–Crippen LogP) is 5.35. The lowest BCUT2D eigenvalue weighted by molar-refractivity contribution is -0.261. The maximum absolute atomic E-state index is 13.0. The van der Waals surface area contributed by atoms with Crippen molar-refractivity contribution in [2.24, 2.45) is 0 Å². The average Bonchev–Trinajstić information content (AvgIpc) is 3.01. The molecule has 0 saturated carbocycles. The summed E-state index contributed by atoms with van der Waals surface area (Å²) in [6, 6.07) is 11.2. The van der Waals surface area contributed by atoms with Gasteiger partial charge in [-0.2, -0.15) is 18.3 Å². The Kier molecular flexibility index (Phi) is 5.59. The Hall–Kier alpha value is -2.25. The Morgan fingerprint density at radius 1 is 1.25 bits per heavy atom. The molecule has 2 N–H and O–H groups in total. The Morgan fingerprint density at radius 2 is 1.93 bits per heavy atom. The van der Waals surface area contributed by atoms with Crippen molar-refractivity contribution >= 4 is 17.4 Å². The first-order valence-corrected chi connectivity index (χ1v) is 9.13. The standard InChI is InChI=1S/C20H21ClF3N3O/c1-19(2,20(22,23)24)28-12-13-8-14(10-15(21)9-13)17-11-18(25)26-27(17)16-6-4-3-5-7-16/h3-7,9-11,14H,8,12H2,1-2H3,(H2,25,26). The zero-order valence-corrected chi connectivity index (χ0v) is 16.3. The molecule has 1 aliphatic rings. The molecule has 1 heterocycles. The summed E-state index contributed by atoms with van der Waals surface area (Å²) in [4.78, 5) is 0. The second kappa shape index (κ2) is 7.64. The number of nitrogens with zero attached hydrogens (tertiary/aromatic N) is 2. The van der Waals surface area contributed by atoms with Gasteiger partial charge in [-0.25, -0.2) is 4.68 Å². The molecule has 1 aliphatic carbocycles. The van der Waals surface area contributed by atoms with Crippen LogP contribution in [0.3, 0.4) is 0 Å². The highest BCUT2D eigenvalue weighted by Crippen LogP contribution is 2.37. The number of aromatic nitrogens is 2. The van der Waals surface area contributed by atoms with Crippen molar-refractivity contribution in [2.45, 2.75) is 38.0 Å². The van der Waals surface area contributed by atoms with Gasteiger partial charge in [0, 0.05) is 17.0 Å². The molecular weight excluding hydrogens is 391 g/mol. The molecule has 0 aliphatic heterocycles. The van der Waals surface area contributed by atoms with Gasteiger partial charge in [0.05, 0.1) is 18.0 Å². The van der Waals surface area contributed by atoms with Crippen LogP contribution in [-0.2, 0) is 4.74 Å². The van der Waals surface area contributed by atoms with Gasteiger partial charge in [0.25, 0.3) is 0 Å². The van der Waals surface area contributed by atoms with E-state index in [0.29, 0.717) is 22.8 Å². The van der Waals surface area contributed by atoms with Gasteiger partial charge in [-0.15, -0.1) is 0 Å². The number of nitrogens with two attached hydrogens (primary N) is 1. The summed E-state index contributed by atoms with van der Waals surface area (Å²) in [5, 5.41) is 4.79. The van der Waals surface area contributed by atoms with Crippen molar-refractivity contribution in [1.29, 1.82) is 0 Å². The lowest BCUT2D eigenvalue weighted by Crippen LogP contribution is -2.42. The number of ether oxygens (including phenoxy) is 1. The topological polar surface area (TPSA) is 53.1 Å². The van der Waals surface area contributed by atoms with Gasteiger partial charge in [-0.3, -0.25) is 0 Å². The molecule has 1 aromatic carbocycles. The third-order valence-electron chi connectivity index (χ3n) is 4.62. The van der Waals surface area contributed by atoms with E-state index in [0.717, 1.165) is 25.2 Å². The largest absolute Gasteiger partial charge is 0.416 e. The monoisotopic (exact) mass is 411 g/mol. The van der Waals surface area contributed by atoms with Crippen molar-refractivity contribution in [3.63, 3.8) is 0 Å². The minimum Gasteiger partial charge on any atom is -0.382 e. The Balaban J connectivity index is 1.82. The van der Waals surface area contributed by atoms with Gasteiger partial charge in [0.1, 0.15) is 5.82 Å². The zero-order chi connectivity index (χ0) is 20.5. The normalized spacial score (nSPS) is 18.0. The number of hydrogen-bond donors (Lipinski definition) is 1. The molecular formula is C20H21ClF3N3O. The third-order valence-corrected chi connectivity index (χ3v) is 4.86.